The van der Waals surface area contributed by atoms with Gasteiger partial charge in [-0.2, -0.15) is 0 Å². The Labute approximate surface area is 138 Å². The molecule has 0 atom stereocenters. The molecule has 24 heavy (non-hydrogen) atoms. The Bertz CT molecular complexity index is 845. The molecule has 0 saturated heterocycles. The fraction of sp³-hybridized carbons (Fsp3) is 0.0625. The SMILES string of the molecule is C=CCNC(=O)c1ccc(S(=O)(=O)Nc2c(F)cccc2F)cc1. The second-order valence-electron chi connectivity index (χ2n) is 4.73. The van der Waals surface area contributed by atoms with Crippen molar-refractivity contribution in [3.63, 3.8) is 0 Å². The van der Waals surface area contributed by atoms with Crippen LogP contribution < -0.4 is 10.0 Å². The van der Waals surface area contributed by atoms with E-state index in [4.69, 9.17) is 0 Å². The number of sulfonamides is 1. The fourth-order valence-corrected chi connectivity index (χ4v) is 2.92. The largest absolute Gasteiger partial charge is 0.349 e. The Morgan fingerprint density at radius 1 is 1.08 bits per heavy atom. The van der Waals surface area contributed by atoms with E-state index in [2.05, 4.69) is 11.9 Å². The molecule has 0 aliphatic carbocycles. The van der Waals surface area contributed by atoms with E-state index in [-0.39, 0.29) is 17.0 Å². The van der Waals surface area contributed by atoms with Crippen molar-refractivity contribution in [3.05, 3.63) is 72.3 Å². The molecule has 1 amide bonds. The number of carbonyl (C=O) groups is 1. The topological polar surface area (TPSA) is 75.3 Å². The van der Waals surface area contributed by atoms with Crippen molar-refractivity contribution < 1.29 is 22.0 Å². The van der Waals surface area contributed by atoms with Gasteiger partial charge in [-0.15, -0.1) is 6.58 Å². The van der Waals surface area contributed by atoms with Crippen LogP contribution in [0.2, 0.25) is 0 Å². The van der Waals surface area contributed by atoms with Crippen molar-refractivity contribution >= 4 is 21.6 Å². The molecule has 0 spiro atoms. The lowest BCUT2D eigenvalue weighted by atomic mass is 10.2. The van der Waals surface area contributed by atoms with Crippen LogP contribution in [0.1, 0.15) is 10.4 Å². The molecular formula is C16H14F2N2O3S. The Morgan fingerprint density at radius 3 is 2.21 bits per heavy atom. The Morgan fingerprint density at radius 2 is 1.67 bits per heavy atom. The summed E-state index contributed by atoms with van der Waals surface area (Å²) in [7, 11) is -4.20. The van der Waals surface area contributed by atoms with Crippen molar-refractivity contribution in [2.75, 3.05) is 11.3 Å². The van der Waals surface area contributed by atoms with Gasteiger partial charge in [-0.05, 0) is 36.4 Å². The molecule has 5 nitrogen and oxygen atoms in total. The van der Waals surface area contributed by atoms with Gasteiger partial charge >= 0.3 is 0 Å². The summed E-state index contributed by atoms with van der Waals surface area (Å²) in [6.07, 6.45) is 1.50. The number of carbonyl (C=O) groups excluding carboxylic acids is 1. The van der Waals surface area contributed by atoms with Crippen LogP contribution in [0.25, 0.3) is 0 Å². The van der Waals surface area contributed by atoms with Gasteiger partial charge in [-0.25, -0.2) is 17.2 Å². The van der Waals surface area contributed by atoms with Crippen LogP contribution in [-0.4, -0.2) is 20.9 Å². The number of rotatable bonds is 6. The van der Waals surface area contributed by atoms with Crippen LogP contribution in [-0.2, 0) is 10.0 Å². The van der Waals surface area contributed by atoms with Crippen LogP contribution in [0.15, 0.2) is 60.0 Å². The van der Waals surface area contributed by atoms with Gasteiger partial charge in [0.1, 0.15) is 17.3 Å². The minimum Gasteiger partial charge on any atom is -0.349 e. The van der Waals surface area contributed by atoms with E-state index in [1.165, 1.54) is 30.3 Å². The molecule has 0 fully saturated rings. The van der Waals surface area contributed by atoms with E-state index in [9.17, 15) is 22.0 Å². The predicted octanol–water partition coefficient (Wildman–Crippen LogP) is 2.68. The van der Waals surface area contributed by atoms with Crippen molar-refractivity contribution in [2.24, 2.45) is 0 Å². The third-order valence-corrected chi connectivity index (χ3v) is 4.40. The van der Waals surface area contributed by atoms with Crippen LogP contribution in [0.5, 0.6) is 0 Å². The van der Waals surface area contributed by atoms with Crippen molar-refractivity contribution in [1.29, 1.82) is 0 Å². The first-order chi connectivity index (χ1) is 11.3. The van der Waals surface area contributed by atoms with E-state index in [0.29, 0.717) is 0 Å². The maximum absolute atomic E-state index is 13.6. The molecule has 0 saturated carbocycles. The summed E-state index contributed by atoms with van der Waals surface area (Å²) in [6, 6.07) is 7.93. The van der Waals surface area contributed by atoms with Crippen LogP contribution >= 0.6 is 0 Å². The third-order valence-electron chi connectivity index (χ3n) is 3.03. The van der Waals surface area contributed by atoms with Gasteiger partial charge in [0.2, 0.25) is 0 Å². The van der Waals surface area contributed by atoms with E-state index >= 15 is 0 Å². The molecule has 0 aromatic heterocycles. The monoisotopic (exact) mass is 352 g/mol. The first-order valence-electron chi connectivity index (χ1n) is 6.81. The minimum atomic E-state index is -4.20. The zero-order valence-electron chi connectivity index (χ0n) is 12.4. The number of benzene rings is 2. The van der Waals surface area contributed by atoms with E-state index in [1.807, 2.05) is 4.72 Å². The lowest BCUT2D eigenvalue weighted by Gasteiger charge is -2.10. The highest BCUT2D eigenvalue weighted by molar-refractivity contribution is 7.92. The van der Waals surface area contributed by atoms with Crippen molar-refractivity contribution in [1.82, 2.24) is 5.32 Å². The normalized spacial score (nSPS) is 10.9. The summed E-state index contributed by atoms with van der Waals surface area (Å²) in [6.45, 7) is 3.73. The molecule has 0 heterocycles. The maximum Gasteiger partial charge on any atom is 0.262 e. The second-order valence-corrected chi connectivity index (χ2v) is 6.41. The highest BCUT2D eigenvalue weighted by atomic mass is 32.2. The van der Waals surface area contributed by atoms with Gasteiger partial charge in [0, 0.05) is 12.1 Å². The Hall–Kier alpha value is -2.74. The number of amides is 1. The second kappa shape index (κ2) is 7.22. The molecule has 126 valence electrons. The van der Waals surface area contributed by atoms with Crippen molar-refractivity contribution in [3.8, 4) is 0 Å². The maximum atomic E-state index is 13.6. The first-order valence-corrected chi connectivity index (χ1v) is 8.29. The number of anilines is 1. The summed E-state index contributed by atoms with van der Waals surface area (Å²) in [5.74, 6) is -2.45. The zero-order chi connectivity index (χ0) is 17.7. The van der Waals surface area contributed by atoms with Gasteiger partial charge in [-0.1, -0.05) is 12.1 Å². The number of hydrogen-bond acceptors (Lipinski definition) is 3. The summed E-state index contributed by atoms with van der Waals surface area (Å²) < 4.78 is 53.4. The number of nitrogens with one attached hydrogen (secondary N) is 2. The van der Waals surface area contributed by atoms with E-state index < -0.39 is 33.3 Å². The number of para-hydroxylation sites is 1. The van der Waals surface area contributed by atoms with Gasteiger partial charge in [-0.3, -0.25) is 9.52 Å². The average Bonchev–Trinajstić information content (AvgIpc) is 2.56. The van der Waals surface area contributed by atoms with Gasteiger partial charge in [0.05, 0.1) is 4.90 Å². The highest BCUT2D eigenvalue weighted by Gasteiger charge is 2.19. The molecule has 2 rings (SSSR count). The molecule has 0 unspecified atom stereocenters. The lowest BCUT2D eigenvalue weighted by molar-refractivity contribution is 0.0958. The molecule has 2 aromatic rings. The summed E-state index contributed by atoms with van der Waals surface area (Å²) >= 11 is 0. The minimum absolute atomic E-state index is 0.231. The quantitative estimate of drug-likeness (QED) is 0.785. The van der Waals surface area contributed by atoms with Gasteiger partial charge in [0.25, 0.3) is 15.9 Å². The summed E-state index contributed by atoms with van der Waals surface area (Å²) in [4.78, 5) is 11.5. The molecular weight excluding hydrogens is 338 g/mol. The zero-order valence-corrected chi connectivity index (χ0v) is 13.2. The standard InChI is InChI=1S/C16H14F2N2O3S/c1-2-10-19-16(21)11-6-8-12(9-7-11)24(22,23)20-15-13(17)4-3-5-14(15)18/h2-9,20H,1,10H2,(H,19,21). The summed E-state index contributed by atoms with van der Waals surface area (Å²) in [5, 5.41) is 2.54. The molecule has 0 radical (unpaired) electrons. The molecule has 0 aliphatic heterocycles. The van der Waals surface area contributed by atoms with E-state index in [1.54, 1.807) is 0 Å². The molecule has 2 aromatic carbocycles. The number of hydrogen-bond donors (Lipinski definition) is 2. The number of halogens is 2. The van der Waals surface area contributed by atoms with Crippen molar-refractivity contribution in [2.45, 2.75) is 4.90 Å². The summed E-state index contributed by atoms with van der Waals surface area (Å²) in [5.41, 5.74) is -0.516. The van der Waals surface area contributed by atoms with Crippen LogP contribution in [0, 0.1) is 11.6 Å². The molecule has 0 bridgehead atoms. The highest BCUT2D eigenvalue weighted by Crippen LogP contribution is 2.22. The third kappa shape index (κ3) is 3.96. The lowest BCUT2D eigenvalue weighted by Crippen LogP contribution is -2.23. The van der Waals surface area contributed by atoms with Gasteiger partial charge < -0.3 is 5.32 Å². The Balaban J connectivity index is 2.24. The van der Waals surface area contributed by atoms with Gasteiger partial charge in [0.15, 0.2) is 0 Å². The molecule has 2 N–H and O–H groups in total. The van der Waals surface area contributed by atoms with E-state index in [0.717, 1.165) is 18.2 Å². The smallest absolute Gasteiger partial charge is 0.262 e. The molecule has 8 heteroatoms. The fourth-order valence-electron chi connectivity index (χ4n) is 1.84. The predicted molar refractivity (Wildman–Crippen MR) is 86.1 cm³/mol. The van der Waals surface area contributed by atoms with Crippen LogP contribution in [0.4, 0.5) is 14.5 Å². The first kappa shape index (κ1) is 17.6. The Kier molecular flexibility index (Phi) is 5.30. The van der Waals surface area contributed by atoms with Crippen LogP contribution in [0.3, 0.4) is 0 Å². The average molecular weight is 352 g/mol. The molecule has 0 aliphatic rings.